The number of hydrogen-bond acceptors (Lipinski definition) is 2. The van der Waals surface area contributed by atoms with Gasteiger partial charge in [-0.3, -0.25) is 4.79 Å². The molecule has 1 fully saturated rings. The molecule has 0 spiro atoms. The number of likely N-dealkylation sites (tertiary alicyclic amines) is 1. The second kappa shape index (κ2) is 8.43. The summed E-state index contributed by atoms with van der Waals surface area (Å²) >= 11 is 1.80. The van der Waals surface area contributed by atoms with E-state index in [-0.39, 0.29) is 11.9 Å². The monoisotopic (exact) mass is 342 g/mol. The van der Waals surface area contributed by atoms with E-state index in [9.17, 15) is 4.79 Å². The van der Waals surface area contributed by atoms with Crippen molar-refractivity contribution < 1.29 is 4.79 Å². The van der Waals surface area contributed by atoms with Crippen LogP contribution >= 0.6 is 11.8 Å². The molecule has 3 nitrogen and oxygen atoms in total. The summed E-state index contributed by atoms with van der Waals surface area (Å²) in [5, 5.41) is 0. The Labute approximate surface area is 149 Å². The molecule has 0 bridgehead atoms. The molecule has 0 unspecified atom stereocenters. The molecule has 1 aromatic heterocycles. The van der Waals surface area contributed by atoms with Crippen LogP contribution in [0.3, 0.4) is 0 Å². The number of rotatable bonds is 6. The van der Waals surface area contributed by atoms with Crippen molar-refractivity contribution in [1.29, 1.82) is 0 Å². The highest BCUT2D eigenvalue weighted by molar-refractivity contribution is 7.98. The molecule has 0 aliphatic carbocycles. The minimum absolute atomic E-state index is 0.0549. The number of amides is 1. The number of benzene rings is 1. The third-order valence-corrected chi connectivity index (χ3v) is 5.59. The number of nitrogens with zero attached hydrogens (tertiary/aromatic N) is 2. The van der Waals surface area contributed by atoms with Gasteiger partial charge in [-0.15, -0.1) is 0 Å². The van der Waals surface area contributed by atoms with Gasteiger partial charge in [0.2, 0.25) is 5.91 Å². The first-order valence-corrected chi connectivity index (χ1v) is 10.1. The van der Waals surface area contributed by atoms with Crippen LogP contribution in [0.15, 0.2) is 54.9 Å². The fourth-order valence-electron chi connectivity index (χ4n) is 3.55. The van der Waals surface area contributed by atoms with Crippen LogP contribution in [0.2, 0.25) is 0 Å². The molecule has 1 aliphatic rings. The summed E-state index contributed by atoms with van der Waals surface area (Å²) in [6, 6.07) is 14.7. The highest BCUT2D eigenvalue weighted by Crippen LogP contribution is 2.29. The highest BCUT2D eigenvalue weighted by atomic mass is 32.2. The Morgan fingerprint density at radius 2 is 1.79 bits per heavy atom. The van der Waals surface area contributed by atoms with Gasteiger partial charge in [-0.2, -0.15) is 11.8 Å². The normalized spacial score (nSPS) is 17.0. The van der Waals surface area contributed by atoms with Crippen molar-refractivity contribution in [3.05, 3.63) is 60.4 Å². The molecule has 4 heteroatoms. The zero-order valence-electron chi connectivity index (χ0n) is 14.3. The molecule has 0 radical (unpaired) electrons. The minimum Gasteiger partial charge on any atom is -0.342 e. The Bertz CT molecular complexity index is 618. The van der Waals surface area contributed by atoms with Gasteiger partial charge in [-0.1, -0.05) is 30.3 Å². The van der Waals surface area contributed by atoms with Crippen molar-refractivity contribution in [3.8, 4) is 0 Å². The van der Waals surface area contributed by atoms with Gasteiger partial charge in [0.05, 0.1) is 0 Å². The average Bonchev–Trinajstić information content (AvgIpc) is 3.17. The molecule has 1 aromatic carbocycles. The molecule has 3 rings (SSSR count). The summed E-state index contributed by atoms with van der Waals surface area (Å²) in [5.41, 5.74) is 1.41. The van der Waals surface area contributed by atoms with Crippen LogP contribution in [0, 0.1) is 0 Å². The molecule has 2 heterocycles. The molecular formula is C20H26N2OS. The standard InChI is InChI=1S/C20H26N2OS/c1-24-16-11-19(21-12-5-6-13-21)20(23)22-14-9-18(10-15-22)17-7-3-2-4-8-17/h2-8,12-13,18-19H,9-11,14-16H2,1H3/t19-/m1/s1. The Kier molecular flexibility index (Phi) is 6.02. The van der Waals surface area contributed by atoms with E-state index in [2.05, 4.69) is 46.1 Å². The smallest absolute Gasteiger partial charge is 0.245 e. The summed E-state index contributed by atoms with van der Waals surface area (Å²) in [6.45, 7) is 1.74. The summed E-state index contributed by atoms with van der Waals surface area (Å²) < 4.78 is 2.07. The fraction of sp³-hybridized carbons (Fsp3) is 0.450. The zero-order chi connectivity index (χ0) is 16.8. The molecule has 1 aliphatic heterocycles. The van der Waals surface area contributed by atoms with E-state index in [0.29, 0.717) is 5.92 Å². The van der Waals surface area contributed by atoms with Gasteiger partial charge in [0.1, 0.15) is 6.04 Å². The first-order valence-electron chi connectivity index (χ1n) is 8.74. The number of thioether (sulfide) groups is 1. The van der Waals surface area contributed by atoms with Crippen molar-refractivity contribution in [1.82, 2.24) is 9.47 Å². The van der Waals surface area contributed by atoms with E-state index in [1.54, 1.807) is 11.8 Å². The van der Waals surface area contributed by atoms with Gasteiger partial charge in [0, 0.05) is 25.5 Å². The second-order valence-electron chi connectivity index (χ2n) is 6.44. The van der Waals surface area contributed by atoms with Crippen LogP contribution in [0.4, 0.5) is 0 Å². The summed E-state index contributed by atoms with van der Waals surface area (Å²) in [6.07, 6.45) is 9.16. The third-order valence-electron chi connectivity index (χ3n) is 4.95. The van der Waals surface area contributed by atoms with Crippen LogP contribution in [0.1, 0.15) is 36.8 Å². The molecule has 1 atom stereocenters. The SMILES string of the molecule is CSCC[C@H](C(=O)N1CCC(c2ccccc2)CC1)n1cccc1. The fourth-order valence-corrected chi connectivity index (χ4v) is 4.01. The van der Waals surface area contributed by atoms with Crippen LogP contribution in [0.5, 0.6) is 0 Å². The van der Waals surface area contributed by atoms with Crippen LogP contribution in [0.25, 0.3) is 0 Å². The molecule has 0 N–H and O–H groups in total. The Morgan fingerprint density at radius 1 is 1.12 bits per heavy atom. The first kappa shape index (κ1) is 17.2. The topological polar surface area (TPSA) is 25.2 Å². The van der Waals surface area contributed by atoms with Gasteiger partial charge in [-0.05, 0) is 54.9 Å². The van der Waals surface area contributed by atoms with Crippen LogP contribution in [-0.2, 0) is 4.79 Å². The van der Waals surface area contributed by atoms with Crippen molar-refractivity contribution in [3.63, 3.8) is 0 Å². The number of piperidine rings is 1. The van der Waals surface area contributed by atoms with Gasteiger partial charge >= 0.3 is 0 Å². The lowest BCUT2D eigenvalue weighted by Crippen LogP contribution is -2.42. The van der Waals surface area contributed by atoms with Gasteiger partial charge in [0.25, 0.3) is 0 Å². The van der Waals surface area contributed by atoms with E-state index in [4.69, 9.17) is 0 Å². The number of aromatic nitrogens is 1. The number of carbonyl (C=O) groups excluding carboxylic acids is 1. The molecule has 24 heavy (non-hydrogen) atoms. The lowest BCUT2D eigenvalue weighted by Gasteiger charge is -2.35. The summed E-state index contributed by atoms with van der Waals surface area (Å²) in [4.78, 5) is 15.1. The Balaban J connectivity index is 1.62. The first-order chi connectivity index (χ1) is 11.8. The molecule has 0 saturated carbocycles. The van der Waals surface area contributed by atoms with Gasteiger partial charge in [0.15, 0.2) is 0 Å². The quantitative estimate of drug-likeness (QED) is 0.786. The Morgan fingerprint density at radius 3 is 2.42 bits per heavy atom. The van der Waals surface area contributed by atoms with E-state index >= 15 is 0 Å². The lowest BCUT2D eigenvalue weighted by atomic mass is 9.89. The number of carbonyl (C=O) groups is 1. The van der Waals surface area contributed by atoms with Crippen molar-refractivity contribution in [2.45, 2.75) is 31.2 Å². The number of hydrogen-bond donors (Lipinski definition) is 0. The summed E-state index contributed by atoms with van der Waals surface area (Å²) in [7, 11) is 0. The molecule has 1 amide bonds. The van der Waals surface area contributed by atoms with E-state index in [1.807, 2.05) is 24.5 Å². The van der Waals surface area contributed by atoms with Crippen molar-refractivity contribution >= 4 is 17.7 Å². The van der Waals surface area contributed by atoms with Gasteiger partial charge < -0.3 is 9.47 Å². The second-order valence-corrected chi connectivity index (χ2v) is 7.42. The predicted molar refractivity (Wildman–Crippen MR) is 101 cm³/mol. The maximum atomic E-state index is 13.0. The minimum atomic E-state index is -0.0549. The van der Waals surface area contributed by atoms with Gasteiger partial charge in [-0.25, -0.2) is 0 Å². The summed E-state index contributed by atoms with van der Waals surface area (Å²) in [5.74, 6) is 1.88. The molecular weight excluding hydrogens is 316 g/mol. The lowest BCUT2D eigenvalue weighted by molar-refractivity contribution is -0.136. The van der Waals surface area contributed by atoms with Crippen LogP contribution < -0.4 is 0 Å². The van der Waals surface area contributed by atoms with Crippen LogP contribution in [-0.4, -0.2) is 40.5 Å². The van der Waals surface area contributed by atoms with E-state index in [0.717, 1.165) is 38.1 Å². The third kappa shape index (κ3) is 4.04. The largest absolute Gasteiger partial charge is 0.342 e. The Hall–Kier alpha value is -1.68. The zero-order valence-corrected chi connectivity index (χ0v) is 15.1. The predicted octanol–water partition coefficient (Wildman–Crippen LogP) is 4.19. The van der Waals surface area contributed by atoms with E-state index in [1.165, 1.54) is 5.56 Å². The maximum absolute atomic E-state index is 13.0. The average molecular weight is 343 g/mol. The molecule has 2 aromatic rings. The van der Waals surface area contributed by atoms with Crippen molar-refractivity contribution in [2.24, 2.45) is 0 Å². The maximum Gasteiger partial charge on any atom is 0.245 e. The van der Waals surface area contributed by atoms with Crippen molar-refractivity contribution in [2.75, 3.05) is 25.1 Å². The van der Waals surface area contributed by atoms with E-state index < -0.39 is 0 Å². The molecule has 128 valence electrons. The highest BCUT2D eigenvalue weighted by Gasteiger charge is 2.29. The molecule has 1 saturated heterocycles.